The molecule has 4 nitrogen and oxygen atoms in total. The van der Waals surface area contributed by atoms with Gasteiger partial charge in [-0.15, -0.1) is 0 Å². The third kappa shape index (κ3) is 5.48. The molecular formula is C25H23NO3. The van der Waals surface area contributed by atoms with Gasteiger partial charge in [-0.1, -0.05) is 78.9 Å². The number of Topliss-reactive ketones (excluding diaryl/α,β-unsaturated/α-hetero) is 1. The van der Waals surface area contributed by atoms with E-state index in [2.05, 4.69) is 0 Å². The normalized spacial score (nSPS) is 12.2. The van der Waals surface area contributed by atoms with Crippen LogP contribution in [0.1, 0.15) is 29.3 Å². The first kappa shape index (κ1) is 20.2. The van der Waals surface area contributed by atoms with E-state index >= 15 is 0 Å². The molecule has 0 saturated carbocycles. The number of carbonyl (C=O) groups excluding carboxylic acids is 2. The maximum Gasteiger partial charge on any atom is 0.315 e. The number of ketones is 1. The molecule has 4 heteroatoms. The average Bonchev–Trinajstić information content (AvgIpc) is 2.78. The van der Waals surface area contributed by atoms with Crippen molar-refractivity contribution in [1.82, 2.24) is 0 Å². The van der Waals surface area contributed by atoms with Gasteiger partial charge in [-0.3, -0.25) is 14.6 Å². The molecule has 0 bridgehead atoms. The summed E-state index contributed by atoms with van der Waals surface area (Å²) < 4.78 is 5.31. The predicted octanol–water partition coefficient (Wildman–Crippen LogP) is 5.26. The molecule has 29 heavy (non-hydrogen) atoms. The first-order chi connectivity index (χ1) is 14.2. The van der Waals surface area contributed by atoms with Crippen molar-refractivity contribution < 1.29 is 14.3 Å². The SMILES string of the molecule is CCOC(=O)C(CC(=O)c1ccccc1)C(=Nc1ccccc1)c1ccccc1. The second-order valence-corrected chi connectivity index (χ2v) is 6.50. The standard InChI is InChI=1S/C25H23NO3/c1-2-29-25(28)22(18-23(27)19-12-6-3-7-13-19)24(20-14-8-4-9-15-20)26-21-16-10-5-11-17-21/h3-17,22H,2,18H2,1H3. The smallest absolute Gasteiger partial charge is 0.315 e. The average molecular weight is 385 g/mol. The molecule has 3 aromatic rings. The number of nitrogens with zero attached hydrogens (tertiary/aromatic N) is 1. The molecule has 0 aromatic heterocycles. The Hall–Kier alpha value is -3.53. The van der Waals surface area contributed by atoms with E-state index in [1.54, 1.807) is 19.1 Å². The number of hydrogen-bond donors (Lipinski definition) is 0. The zero-order valence-electron chi connectivity index (χ0n) is 16.3. The summed E-state index contributed by atoms with van der Waals surface area (Å²) in [4.78, 5) is 30.5. The van der Waals surface area contributed by atoms with Crippen LogP contribution in [0.4, 0.5) is 5.69 Å². The second kappa shape index (κ2) is 10.1. The highest BCUT2D eigenvalue weighted by Crippen LogP contribution is 2.23. The number of ether oxygens (including phenoxy) is 1. The largest absolute Gasteiger partial charge is 0.465 e. The van der Waals surface area contributed by atoms with Crippen molar-refractivity contribution in [2.75, 3.05) is 6.61 Å². The van der Waals surface area contributed by atoms with Gasteiger partial charge in [0.1, 0.15) is 5.92 Å². The molecule has 0 amide bonds. The minimum Gasteiger partial charge on any atom is -0.465 e. The van der Waals surface area contributed by atoms with Crippen LogP contribution in [-0.2, 0) is 9.53 Å². The molecule has 0 heterocycles. The van der Waals surface area contributed by atoms with E-state index in [1.807, 2.05) is 78.9 Å². The van der Waals surface area contributed by atoms with E-state index in [-0.39, 0.29) is 18.8 Å². The molecule has 146 valence electrons. The predicted molar refractivity (Wildman–Crippen MR) is 115 cm³/mol. The monoisotopic (exact) mass is 385 g/mol. The fourth-order valence-corrected chi connectivity index (χ4v) is 3.06. The van der Waals surface area contributed by atoms with E-state index in [0.717, 1.165) is 5.56 Å². The fourth-order valence-electron chi connectivity index (χ4n) is 3.06. The van der Waals surface area contributed by atoms with Gasteiger partial charge in [-0.05, 0) is 24.6 Å². The zero-order valence-corrected chi connectivity index (χ0v) is 16.3. The topological polar surface area (TPSA) is 55.7 Å². The Morgan fingerprint density at radius 2 is 1.31 bits per heavy atom. The summed E-state index contributed by atoms with van der Waals surface area (Å²) in [6.45, 7) is 1.99. The maximum absolute atomic E-state index is 12.9. The van der Waals surface area contributed by atoms with Gasteiger partial charge >= 0.3 is 5.97 Å². The third-order valence-electron chi connectivity index (χ3n) is 4.46. The van der Waals surface area contributed by atoms with Crippen molar-refractivity contribution in [3.63, 3.8) is 0 Å². The van der Waals surface area contributed by atoms with Crippen LogP contribution in [0.15, 0.2) is 96.0 Å². The van der Waals surface area contributed by atoms with Gasteiger partial charge in [0.15, 0.2) is 5.78 Å². The molecule has 0 aliphatic heterocycles. The number of rotatable bonds is 8. The number of benzene rings is 3. The Labute approximate surface area is 170 Å². The first-order valence-corrected chi connectivity index (χ1v) is 9.63. The second-order valence-electron chi connectivity index (χ2n) is 6.50. The lowest BCUT2D eigenvalue weighted by Gasteiger charge is -2.18. The van der Waals surface area contributed by atoms with Crippen molar-refractivity contribution in [3.8, 4) is 0 Å². The number of hydrogen-bond acceptors (Lipinski definition) is 4. The minimum absolute atomic E-state index is 0.0105. The Morgan fingerprint density at radius 1 is 0.793 bits per heavy atom. The lowest BCUT2D eigenvalue weighted by molar-refractivity contribution is -0.145. The highest BCUT2D eigenvalue weighted by Gasteiger charge is 2.30. The van der Waals surface area contributed by atoms with Crippen molar-refractivity contribution in [3.05, 3.63) is 102 Å². The van der Waals surface area contributed by atoms with Gasteiger partial charge in [-0.25, -0.2) is 0 Å². The van der Waals surface area contributed by atoms with Crippen LogP contribution in [0.5, 0.6) is 0 Å². The molecule has 0 spiro atoms. The number of para-hydroxylation sites is 1. The Kier molecular flexibility index (Phi) is 7.06. The molecule has 0 aliphatic carbocycles. The van der Waals surface area contributed by atoms with Crippen LogP contribution in [-0.4, -0.2) is 24.1 Å². The van der Waals surface area contributed by atoms with E-state index < -0.39 is 11.9 Å². The van der Waals surface area contributed by atoms with Crippen LogP contribution < -0.4 is 0 Å². The summed E-state index contributed by atoms with van der Waals surface area (Å²) in [6, 6.07) is 27.8. The molecule has 0 fully saturated rings. The van der Waals surface area contributed by atoms with Crippen molar-refractivity contribution in [2.24, 2.45) is 10.9 Å². The van der Waals surface area contributed by atoms with Crippen LogP contribution in [0.25, 0.3) is 0 Å². The summed E-state index contributed by atoms with van der Waals surface area (Å²) >= 11 is 0. The molecule has 0 saturated heterocycles. The van der Waals surface area contributed by atoms with E-state index in [0.29, 0.717) is 17.0 Å². The van der Waals surface area contributed by atoms with Crippen LogP contribution in [0.3, 0.4) is 0 Å². The van der Waals surface area contributed by atoms with Crippen LogP contribution in [0, 0.1) is 5.92 Å². The summed E-state index contributed by atoms with van der Waals surface area (Å²) in [5.74, 6) is -1.37. The molecule has 1 atom stereocenters. The Bertz CT molecular complexity index is 967. The number of carbonyl (C=O) groups is 2. The molecule has 0 N–H and O–H groups in total. The summed E-state index contributed by atoms with van der Waals surface area (Å²) in [5, 5.41) is 0. The van der Waals surface area contributed by atoms with Crippen molar-refractivity contribution >= 4 is 23.2 Å². The Morgan fingerprint density at radius 3 is 1.86 bits per heavy atom. The molecule has 3 aromatic carbocycles. The van der Waals surface area contributed by atoms with Gasteiger partial charge in [0.2, 0.25) is 0 Å². The van der Waals surface area contributed by atoms with Crippen LogP contribution in [0.2, 0.25) is 0 Å². The number of esters is 1. The quantitative estimate of drug-likeness (QED) is 0.302. The van der Waals surface area contributed by atoms with E-state index in [4.69, 9.17) is 9.73 Å². The van der Waals surface area contributed by atoms with Gasteiger partial charge in [0, 0.05) is 12.0 Å². The molecule has 0 aliphatic rings. The summed E-state index contributed by atoms with van der Waals surface area (Å²) in [6.07, 6.45) is -0.0105. The fraction of sp³-hybridized carbons (Fsp3) is 0.160. The third-order valence-corrected chi connectivity index (χ3v) is 4.46. The number of aliphatic imine (C=N–C) groups is 1. The Balaban J connectivity index is 2.04. The lowest BCUT2D eigenvalue weighted by Crippen LogP contribution is -2.29. The van der Waals surface area contributed by atoms with E-state index in [9.17, 15) is 9.59 Å². The molecule has 3 rings (SSSR count). The maximum atomic E-state index is 12.9. The first-order valence-electron chi connectivity index (χ1n) is 9.63. The van der Waals surface area contributed by atoms with Crippen molar-refractivity contribution in [1.29, 1.82) is 0 Å². The van der Waals surface area contributed by atoms with Gasteiger partial charge in [-0.2, -0.15) is 0 Å². The van der Waals surface area contributed by atoms with Gasteiger partial charge in [0.25, 0.3) is 0 Å². The summed E-state index contributed by atoms with van der Waals surface area (Å²) in [7, 11) is 0. The van der Waals surface area contributed by atoms with Gasteiger partial charge < -0.3 is 4.74 Å². The van der Waals surface area contributed by atoms with Crippen molar-refractivity contribution in [2.45, 2.75) is 13.3 Å². The van der Waals surface area contributed by atoms with Gasteiger partial charge in [0.05, 0.1) is 18.0 Å². The zero-order chi connectivity index (χ0) is 20.5. The minimum atomic E-state index is -0.801. The molecular weight excluding hydrogens is 362 g/mol. The highest BCUT2D eigenvalue weighted by molar-refractivity contribution is 6.15. The van der Waals surface area contributed by atoms with E-state index in [1.165, 1.54) is 0 Å². The summed E-state index contributed by atoms with van der Waals surface area (Å²) in [5.41, 5.74) is 2.59. The lowest BCUT2D eigenvalue weighted by atomic mass is 9.90. The highest BCUT2D eigenvalue weighted by atomic mass is 16.5. The molecule has 0 radical (unpaired) electrons. The molecule has 1 unspecified atom stereocenters. The van der Waals surface area contributed by atoms with Crippen LogP contribution >= 0.6 is 0 Å².